The maximum absolute atomic E-state index is 12.1. The van der Waals surface area contributed by atoms with Crippen LogP contribution in [0.15, 0.2) is 54.6 Å². The van der Waals surface area contributed by atoms with E-state index in [2.05, 4.69) is 4.74 Å². The second kappa shape index (κ2) is 6.30. The van der Waals surface area contributed by atoms with E-state index < -0.39 is 12.3 Å². The Hall–Kier alpha value is -2.50. The van der Waals surface area contributed by atoms with Crippen molar-refractivity contribution in [1.29, 1.82) is 0 Å². The van der Waals surface area contributed by atoms with Crippen LogP contribution in [0.4, 0.5) is 13.2 Å². The summed E-state index contributed by atoms with van der Waals surface area (Å²) in [5, 5.41) is 0. The molecule has 0 aliphatic heterocycles. The monoisotopic (exact) mass is 296 g/mol. The summed E-state index contributed by atoms with van der Waals surface area (Å²) in [6.07, 6.45) is -4.91. The van der Waals surface area contributed by atoms with Crippen LogP contribution >= 0.6 is 0 Å². The standard InChI is InChI=1S/C15H11F3O3/c16-15(17,18)21-13-8-4-5-11(9-13)10-14(19)20-12-6-2-1-3-7-12/h1-9H,10H2. The van der Waals surface area contributed by atoms with Crippen molar-refractivity contribution < 1.29 is 27.4 Å². The molecule has 0 radical (unpaired) electrons. The summed E-state index contributed by atoms with van der Waals surface area (Å²) in [7, 11) is 0. The van der Waals surface area contributed by atoms with Crippen LogP contribution in [0.5, 0.6) is 11.5 Å². The quantitative estimate of drug-likeness (QED) is 0.637. The molecule has 0 aliphatic carbocycles. The molecule has 0 aliphatic rings. The average Bonchev–Trinajstić information content (AvgIpc) is 2.38. The second-order valence-electron chi connectivity index (χ2n) is 4.16. The number of benzene rings is 2. The Morgan fingerprint density at radius 1 is 0.952 bits per heavy atom. The van der Waals surface area contributed by atoms with E-state index in [1.807, 2.05) is 0 Å². The fourth-order valence-corrected chi connectivity index (χ4v) is 1.68. The van der Waals surface area contributed by atoms with Gasteiger partial charge in [0.05, 0.1) is 6.42 Å². The number of ether oxygens (including phenoxy) is 2. The van der Waals surface area contributed by atoms with Crippen LogP contribution < -0.4 is 9.47 Å². The highest BCUT2D eigenvalue weighted by Crippen LogP contribution is 2.23. The zero-order chi connectivity index (χ0) is 15.3. The molecule has 0 saturated heterocycles. The van der Waals surface area contributed by atoms with Gasteiger partial charge in [-0.2, -0.15) is 0 Å². The number of alkyl halides is 3. The van der Waals surface area contributed by atoms with Gasteiger partial charge in [0.1, 0.15) is 11.5 Å². The van der Waals surface area contributed by atoms with Crippen LogP contribution in [-0.4, -0.2) is 12.3 Å². The number of hydrogen-bond acceptors (Lipinski definition) is 3. The molecule has 2 aromatic rings. The Morgan fingerprint density at radius 2 is 1.62 bits per heavy atom. The first kappa shape index (κ1) is 14.9. The molecule has 0 aromatic heterocycles. The van der Waals surface area contributed by atoms with Gasteiger partial charge in [0.15, 0.2) is 0 Å². The molecule has 0 amide bonds. The van der Waals surface area contributed by atoms with Crippen LogP contribution in [0.3, 0.4) is 0 Å². The lowest BCUT2D eigenvalue weighted by molar-refractivity contribution is -0.274. The van der Waals surface area contributed by atoms with Crippen molar-refractivity contribution >= 4 is 5.97 Å². The summed E-state index contributed by atoms with van der Waals surface area (Å²) < 4.78 is 45.2. The molecule has 0 saturated carbocycles. The highest BCUT2D eigenvalue weighted by molar-refractivity contribution is 5.75. The van der Waals surface area contributed by atoms with Gasteiger partial charge in [0.2, 0.25) is 0 Å². The minimum absolute atomic E-state index is 0.149. The number of carbonyl (C=O) groups is 1. The van der Waals surface area contributed by atoms with Crippen LogP contribution in [0, 0.1) is 0 Å². The van der Waals surface area contributed by atoms with Crippen molar-refractivity contribution in [2.45, 2.75) is 12.8 Å². The Bertz CT molecular complexity index is 609. The number of para-hydroxylation sites is 1. The lowest BCUT2D eigenvalue weighted by atomic mass is 10.1. The number of esters is 1. The van der Waals surface area contributed by atoms with Crippen molar-refractivity contribution in [3.8, 4) is 11.5 Å². The fraction of sp³-hybridized carbons (Fsp3) is 0.133. The Labute approximate surface area is 118 Å². The van der Waals surface area contributed by atoms with Crippen molar-refractivity contribution in [2.24, 2.45) is 0 Å². The number of hydrogen-bond donors (Lipinski definition) is 0. The third-order valence-corrected chi connectivity index (χ3v) is 2.46. The van der Waals surface area contributed by atoms with Crippen LogP contribution in [0.2, 0.25) is 0 Å². The van der Waals surface area contributed by atoms with Crippen molar-refractivity contribution in [3.63, 3.8) is 0 Å². The smallest absolute Gasteiger partial charge is 0.426 e. The number of halogens is 3. The van der Waals surface area contributed by atoms with Crippen molar-refractivity contribution in [3.05, 3.63) is 60.2 Å². The van der Waals surface area contributed by atoms with E-state index >= 15 is 0 Å². The third kappa shape index (κ3) is 5.18. The molecule has 0 spiro atoms. The molecule has 21 heavy (non-hydrogen) atoms. The highest BCUT2D eigenvalue weighted by Gasteiger charge is 2.31. The van der Waals surface area contributed by atoms with Crippen molar-refractivity contribution in [2.75, 3.05) is 0 Å². The zero-order valence-electron chi connectivity index (χ0n) is 10.8. The van der Waals surface area contributed by atoms with Gasteiger partial charge in [-0.1, -0.05) is 30.3 Å². The summed E-state index contributed by atoms with van der Waals surface area (Å²) in [5.41, 5.74) is 0.373. The summed E-state index contributed by atoms with van der Waals surface area (Å²) >= 11 is 0. The average molecular weight is 296 g/mol. The van der Waals surface area contributed by atoms with Gasteiger partial charge in [-0.05, 0) is 29.8 Å². The van der Waals surface area contributed by atoms with Crippen molar-refractivity contribution in [1.82, 2.24) is 0 Å². The molecule has 0 N–H and O–H groups in total. The van der Waals surface area contributed by atoms with Gasteiger partial charge in [0, 0.05) is 0 Å². The van der Waals surface area contributed by atoms with Gasteiger partial charge in [-0.3, -0.25) is 4.79 Å². The largest absolute Gasteiger partial charge is 0.573 e. The minimum Gasteiger partial charge on any atom is -0.426 e. The Balaban J connectivity index is 1.99. The molecule has 3 nitrogen and oxygen atoms in total. The van der Waals surface area contributed by atoms with E-state index in [0.29, 0.717) is 11.3 Å². The predicted molar refractivity (Wildman–Crippen MR) is 68.9 cm³/mol. The zero-order valence-corrected chi connectivity index (χ0v) is 10.8. The molecule has 0 unspecified atom stereocenters. The first-order valence-electron chi connectivity index (χ1n) is 6.03. The molecular weight excluding hydrogens is 285 g/mol. The topological polar surface area (TPSA) is 35.5 Å². The van der Waals surface area contributed by atoms with E-state index in [1.165, 1.54) is 18.2 Å². The van der Waals surface area contributed by atoms with E-state index in [4.69, 9.17) is 4.74 Å². The number of rotatable bonds is 4. The molecule has 6 heteroatoms. The van der Waals surface area contributed by atoms with Gasteiger partial charge < -0.3 is 9.47 Å². The first-order chi connectivity index (χ1) is 9.92. The number of carbonyl (C=O) groups excluding carboxylic acids is 1. The lowest BCUT2D eigenvalue weighted by Crippen LogP contribution is -2.17. The Morgan fingerprint density at radius 3 is 2.29 bits per heavy atom. The minimum atomic E-state index is -4.76. The molecule has 0 bridgehead atoms. The molecule has 2 rings (SSSR count). The molecule has 110 valence electrons. The van der Waals surface area contributed by atoms with Gasteiger partial charge in [0.25, 0.3) is 0 Å². The Kier molecular flexibility index (Phi) is 4.47. The summed E-state index contributed by atoms with van der Waals surface area (Å²) in [6, 6.07) is 13.6. The second-order valence-corrected chi connectivity index (χ2v) is 4.16. The van der Waals surface area contributed by atoms with E-state index in [-0.39, 0.29) is 12.2 Å². The molecule has 0 heterocycles. The van der Waals surface area contributed by atoms with E-state index in [9.17, 15) is 18.0 Å². The van der Waals surface area contributed by atoms with Gasteiger partial charge in [-0.15, -0.1) is 13.2 Å². The van der Waals surface area contributed by atoms with Crippen LogP contribution in [0.1, 0.15) is 5.56 Å². The molecule has 0 fully saturated rings. The van der Waals surface area contributed by atoms with Crippen LogP contribution in [-0.2, 0) is 11.2 Å². The SMILES string of the molecule is O=C(Cc1cccc(OC(F)(F)F)c1)Oc1ccccc1. The van der Waals surface area contributed by atoms with E-state index in [1.54, 1.807) is 30.3 Å². The maximum Gasteiger partial charge on any atom is 0.573 e. The third-order valence-electron chi connectivity index (χ3n) is 2.46. The summed E-state index contributed by atoms with van der Waals surface area (Å²) in [5.74, 6) is -0.553. The maximum atomic E-state index is 12.1. The van der Waals surface area contributed by atoms with Crippen LogP contribution in [0.25, 0.3) is 0 Å². The summed E-state index contributed by atoms with van der Waals surface area (Å²) in [4.78, 5) is 11.7. The highest BCUT2D eigenvalue weighted by atomic mass is 19.4. The van der Waals surface area contributed by atoms with E-state index in [0.717, 1.165) is 6.07 Å². The van der Waals surface area contributed by atoms with Gasteiger partial charge >= 0.3 is 12.3 Å². The summed E-state index contributed by atoms with van der Waals surface area (Å²) in [6.45, 7) is 0. The fourth-order valence-electron chi connectivity index (χ4n) is 1.68. The first-order valence-corrected chi connectivity index (χ1v) is 6.03. The van der Waals surface area contributed by atoms with Gasteiger partial charge in [-0.25, -0.2) is 0 Å². The molecule has 2 aromatic carbocycles. The lowest BCUT2D eigenvalue weighted by Gasteiger charge is -2.10. The molecule has 0 atom stereocenters. The normalized spacial score (nSPS) is 11.0. The predicted octanol–water partition coefficient (Wildman–Crippen LogP) is 3.73. The molecular formula is C15H11F3O3.